The Bertz CT molecular complexity index is 369. The minimum absolute atomic E-state index is 0.256. The Labute approximate surface area is 99.6 Å². The zero-order chi connectivity index (χ0) is 12.9. The molecule has 0 saturated heterocycles. The molecule has 0 bridgehead atoms. The lowest BCUT2D eigenvalue weighted by molar-refractivity contribution is -0.0511. The molecule has 0 aromatic heterocycles. The van der Waals surface area contributed by atoms with Crippen molar-refractivity contribution >= 4 is 5.97 Å². The normalized spacial score (nSPS) is 13.9. The molecule has 0 saturated carbocycles. The van der Waals surface area contributed by atoms with Crippen molar-refractivity contribution in [1.29, 1.82) is 0 Å². The van der Waals surface area contributed by atoms with Gasteiger partial charge in [0.1, 0.15) is 18.0 Å². The Morgan fingerprint density at radius 3 is 2.41 bits per heavy atom. The number of aliphatic hydroxyl groups excluding tert-OH is 1. The zero-order valence-corrected chi connectivity index (χ0v) is 9.84. The van der Waals surface area contributed by atoms with E-state index in [1.807, 2.05) is 0 Å². The molecule has 5 nitrogen and oxygen atoms in total. The summed E-state index contributed by atoms with van der Waals surface area (Å²) < 4.78 is 9.82. The molecule has 0 spiro atoms. The lowest BCUT2D eigenvalue weighted by atomic mass is 10.1. The highest BCUT2D eigenvalue weighted by atomic mass is 16.5. The molecular formula is C12H16O5. The number of esters is 1. The summed E-state index contributed by atoms with van der Waals surface area (Å²) in [5.41, 5.74) is -1.05. The fraction of sp³-hybridized carbons (Fsp3) is 0.417. The van der Waals surface area contributed by atoms with Gasteiger partial charge in [0.25, 0.3) is 0 Å². The molecule has 1 atom stereocenters. The average Bonchev–Trinajstić information content (AvgIpc) is 2.36. The molecule has 1 aromatic carbocycles. The molecule has 0 amide bonds. The van der Waals surface area contributed by atoms with Crippen LogP contribution < -0.4 is 4.74 Å². The van der Waals surface area contributed by atoms with Crippen molar-refractivity contribution < 1.29 is 24.5 Å². The zero-order valence-electron chi connectivity index (χ0n) is 9.84. The van der Waals surface area contributed by atoms with Crippen molar-refractivity contribution in [3.8, 4) is 5.75 Å². The second kappa shape index (κ2) is 5.65. The molecule has 1 aromatic rings. The summed E-state index contributed by atoms with van der Waals surface area (Å²) in [6.07, 6.45) is 0. The van der Waals surface area contributed by atoms with Crippen LogP contribution in [0.3, 0.4) is 0 Å². The van der Waals surface area contributed by atoms with Gasteiger partial charge in [-0.2, -0.15) is 0 Å². The molecule has 5 heteroatoms. The van der Waals surface area contributed by atoms with E-state index < -0.39 is 18.2 Å². The van der Waals surface area contributed by atoms with Gasteiger partial charge in [-0.25, -0.2) is 4.79 Å². The van der Waals surface area contributed by atoms with Crippen molar-refractivity contribution in [2.45, 2.75) is 12.5 Å². The smallest absolute Gasteiger partial charge is 0.338 e. The van der Waals surface area contributed by atoms with Gasteiger partial charge in [0.05, 0.1) is 19.3 Å². The third-order valence-electron chi connectivity index (χ3n) is 2.18. The summed E-state index contributed by atoms with van der Waals surface area (Å²) in [6, 6.07) is 6.41. The van der Waals surface area contributed by atoms with Gasteiger partial charge in [-0.1, -0.05) is 0 Å². The maximum absolute atomic E-state index is 11.6. The molecule has 2 N–H and O–H groups in total. The van der Waals surface area contributed by atoms with Crippen LogP contribution in [0.1, 0.15) is 17.3 Å². The summed E-state index contributed by atoms with van der Waals surface area (Å²) in [6.45, 7) is 0.658. The van der Waals surface area contributed by atoms with Crippen LogP contribution in [0.5, 0.6) is 5.75 Å². The quantitative estimate of drug-likeness (QED) is 0.737. The number of aliphatic hydroxyl groups is 2. The number of ether oxygens (including phenoxy) is 2. The monoisotopic (exact) mass is 240 g/mol. The molecule has 0 aliphatic rings. The Morgan fingerprint density at radius 1 is 1.35 bits per heavy atom. The predicted molar refractivity (Wildman–Crippen MR) is 61.0 cm³/mol. The van der Waals surface area contributed by atoms with Gasteiger partial charge in [-0.05, 0) is 31.2 Å². The molecule has 0 aliphatic heterocycles. The molecule has 0 unspecified atom stereocenters. The Morgan fingerprint density at radius 2 is 1.94 bits per heavy atom. The standard InChI is InChI=1S/C12H16O5/c1-12(15,7-13)8-17-11(14)9-3-5-10(16-2)6-4-9/h3-6,13,15H,7-8H2,1-2H3/t12-/m0/s1. The van der Waals surface area contributed by atoms with Gasteiger partial charge in [0.15, 0.2) is 0 Å². The van der Waals surface area contributed by atoms with Crippen LogP contribution in [-0.4, -0.2) is 42.1 Å². The predicted octanol–water partition coefficient (Wildman–Crippen LogP) is 0.595. The minimum atomic E-state index is -1.41. The van der Waals surface area contributed by atoms with Crippen LogP contribution in [0.15, 0.2) is 24.3 Å². The first-order valence-corrected chi connectivity index (χ1v) is 5.13. The highest BCUT2D eigenvalue weighted by Crippen LogP contribution is 2.13. The van der Waals surface area contributed by atoms with E-state index >= 15 is 0 Å². The van der Waals surface area contributed by atoms with Gasteiger partial charge in [0.2, 0.25) is 0 Å². The maximum atomic E-state index is 11.6. The van der Waals surface area contributed by atoms with Crippen LogP contribution in [-0.2, 0) is 4.74 Å². The summed E-state index contributed by atoms with van der Waals surface area (Å²) >= 11 is 0. The number of rotatable bonds is 5. The second-order valence-electron chi connectivity index (χ2n) is 3.96. The first-order valence-electron chi connectivity index (χ1n) is 5.13. The minimum Gasteiger partial charge on any atom is -0.497 e. The van der Waals surface area contributed by atoms with Crippen molar-refractivity contribution in [2.75, 3.05) is 20.3 Å². The average molecular weight is 240 g/mol. The Hall–Kier alpha value is -1.59. The third kappa shape index (κ3) is 4.05. The van der Waals surface area contributed by atoms with Gasteiger partial charge in [-0.3, -0.25) is 0 Å². The number of hydrogen-bond donors (Lipinski definition) is 2. The molecule has 1 rings (SSSR count). The molecule has 94 valence electrons. The lowest BCUT2D eigenvalue weighted by Crippen LogP contribution is -2.35. The van der Waals surface area contributed by atoms with E-state index in [0.717, 1.165) is 0 Å². The van der Waals surface area contributed by atoms with Gasteiger partial charge in [0, 0.05) is 0 Å². The van der Waals surface area contributed by atoms with E-state index in [9.17, 15) is 9.90 Å². The third-order valence-corrected chi connectivity index (χ3v) is 2.18. The number of hydrogen-bond acceptors (Lipinski definition) is 5. The molecule has 17 heavy (non-hydrogen) atoms. The first kappa shape index (κ1) is 13.5. The molecule has 0 fully saturated rings. The van der Waals surface area contributed by atoms with Gasteiger partial charge in [-0.15, -0.1) is 0 Å². The number of carbonyl (C=O) groups excluding carboxylic acids is 1. The lowest BCUT2D eigenvalue weighted by Gasteiger charge is -2.19. The Balaban J connectivity index is 2.58. The largest absolute Gasteiger partial charge is 0.497 e. The molecule has 0 heterocycles. The van der Waals surface area contributed by atoms with Crippen LogP contribution in [0, 0.1) is 0 Å². The fourth-order valence-corrected chi connectivity index (χ4v) is 1.08. The molecule has 0 radical (unpaired) electrons. The number of benzene rings is 1. The van der Waals surface area contributed by atoms with Crippen molar-refractivity contribution in [1.82, 2.24) is 0 Å². The fourth-order valence-electron chi connectivity index (χ4n) is 1.08. The number of carbonyl (C=O) groups is 1. The summed E-state index contributed by atoms with van der Waals surface area (Å²) in [7, 11) is 1.53. The first-order chi connectivity index (χ1) is 7.98. The van der Waals surface area contributed by atoms with Gasteiger partial charge < -0.3 is 19.7 Å². The van der Waals surface area contributed by atoms with E-state index in [-0.39, 0.29) is 6.61 Å². The molecular weight excluding hydrogens is 224 g/mol. The van der Waals surface area contributed by atoms with Crippen LogP contribution >= 0.6 is 0 Å². The highest BCUT2D eigenvalue weighted by molar-refractivity contribution is 5.89. The summed E-state index contributed by atoms with van der Waals surface area (Å²) in [5.74, 6) is 0.0882. The van der Waals surface area contributed by atoms with E-state index in [2.05, 4.69) is 0 Å². The summed E-state index contributed by atoms with van der Waals surface area (Å²) in [4.78, 5) is 11.6. The highest BCUT2D eigenvalue weighted by Gasteiger charge is 2.21. The van der Waals surface area contributed by atoms with Crippen LogP contribution in [0.25, 0.3) is 0 Å². The van der Waals surface area contributed by atoms with E-state index in [1.54, 1.807) is 24.3 Å². The van der Waals surface area contributed by atoms with Crippen molar-refractivity contribution in [3.05, 3.63) is 29.8 Å². The van der Waals surface area contributed by atoms with E-state index in [0.29, 0.717) is 11.3 Å². The SMILES string of the molecule is COc1ccc(C(=O)OC[C@@](C)(O)CO)cc1. The molecule has 0 aliphatic carbocycles. The van der Waals surface area contributed by atoms with Gasteiger partial charge >= 0.3 is 5.97 Å². The van der Waals surface area contributed by atoms with Crippen molar-refractivity contribution in [2.24, 2.45) is 0 Å². The van der Waals surface area contributed by atoms with E-state index in [4.69, 9.17) is 14.6 Å². The number of methoxy groups -OCH3 is 1. The maximum Gasteiger partial charge on any atom is 0.338 e. The summed E-state index contributed by atoms with van der Waals surface area (Å²) in [5, 5.41) is 18.2. The second-order valence-corrected chi connectivity index (χ2v) is 3.96. The Kier molecular flexibility index (Phi) is 4.48. The van der Waals surface area contributed by atoms with Crippen molar-refractivity contribution in [3.63, 3.8) is 0 Å². The van der Waals surface area contributed by atoms with Crippen LogP contribution in [0.2, 0.25) is 0 Å². The van der Waals surface area contributed by atoms with Crippen LogP contribution in [0.4, 0.5) is 0 Å². The topological polar surface area (TPSA) is 76.0 Å². The van der Waals surface area contributed by atoms with E-state index in [1.165, 1.54) is 14.0 Å².